The second kappa shape index (κ2) is 43.1. The molecule has 432 valence electrons. The van der Waals surface area contributed by atoms with Gasteiger partial charge in [0.1, 0.15) is 6.61 Å². The molecule has 3 rings (SSSR count). The number of hydrogen-bond donors (Lipinski definition) is 3. The first kappa shape index (κ1) is 67.5. The summed E-state index contributed by atoms with van der Waals surface area (Å²) < 4.78 is 60.3. The Morgan fingerprint density at radius 1 is 0.545 bits per heavy atom. The number of nitrogens with one attached hydrogen (secondary N) is 1. The average molecular weight is 1110 g/mol. The van der Waals surface area contributed by atoms with Gasteiger partial charge in [-0.15, -0.1) is 0 Å². The number of hydrogen-bond acceptors (Lipinski definition) is 12. The van der Waals surface area contributed by atoms with E-state index in [0.29, 0.717) is 12.8 Å². The first-order valence-corrected chi connectivity index (χ1v) is 32.4. The minimum Gasteiger partial charge on any atom is -0.462 e. The Morgan fingerprint density at radius 3 is 1.45 bits per heavy atom. The molecule has 0 saturated heterocycles. The van der Waals surface area contributed by atoms with Gasteiger partial charge in [0.05, 0.1) is 25.4 Å². The van der Waals surface area contributed by atoms with Crippen LogP contribution in [0.5, 0.6) is 0 Å². The summed E-state index contributed by atoms with van der Waals surface area (Å²) >= 11 is 0. The zero-order valence-corrected chi connectivity index (χ0v) is 48.9. The third-order valence-corrected chi connectivity index (χ3v) is 16.5. The van der Waals surface area contributed by atoms with Crippen LogP contribution in [0.4, 0.5) is 0 Å². The van der Waals surface area contributed by atoms with E-state index in [1.165, 1.54) is 89.9 Å². The van der Waals surface area contributed by atoms with E-state index in [1.54, 1.807) is 0 Å². The fourth-order valence-corrected chi connectivity index (χ4v) is 11.8. The summed E-state index contributed by atoms with van der Waals surface area (Å²) in [7, 11) is -10.0. The predicted octanol–water partition coefficient (Wildman–Crippen LogP) is 16.3. The lowest BCUT2D eigenvalue weighted by molar-refractivity contribution is -0.161. The Balaban J connectivity index is 1.55. The molecule has 0 heterocycles. The molecule has 0 bridgehead atoms. The smallest absolute Gasteiger partial charge is 0.462 e. The quantitative estimate of drug-likeness (QED) is 0.0160. The maximum absolute atomic E-state index is 14.1. The molecule has 3 atom stereocenters. The highest BCUT2D eigenvalue weighted by atomic mass is 31.3. The number of phosphoric acid groups is 2. The fraction of sp³-hybridized carbons (Fsp3) is 0.613. The van der Waals surface area contributed by atoms with E-state index in [2.05, 4.69) is 43.5 Å². The van der Waals surface area contributed by atoms with Gasteiger partial charge in [-0.25, -0.2) is 9.13 Å². The van der Waals surface area contributed by atoms with Gasteiger partial charge >= 0.3 is 27.6 Å². The number of carbonyl (C=O) groups is 2. The first-order valence-electron chi connectivity index (χ1n) is 29.4. The molecule has 0 aromatic heterocycles. The summed E-state index contributed by atoms with van der Waals surface area (Å²) in [5, 5.41) is 3.56. The summed E-state index contributed by atoms with van der Waals surface area (Å²) in [6, 6.07) is 29.5. The van der Waals surface area contributed by atoms with E-state index in [1.807, 2.05) is 91.0 Å². The predicted molar refractivity (Wildman–Crippen MR) is 312 cm³/mol. The molecule has 4 N–H and O–H groups in total. The number of rotatable bonds is 49. The molecule has 0 aliphatic rings. The van der Waals surface area contributed by atoms with Gasteiger partial charge in [-0.1, -0.05) is 251 Å². The van der Waals surface area contributed by atoms with Crippen LogP contribution in [0.3, 0.4) is 0 Å². The summed E-state index contributed by atoms with van der Waals surface area (Å²) in [5.41, 5.74) is 7.55. The molecule has 2 unspecified atom stereocenters. The highest BCUT2D eigenvalue weighted by Gasteiger charge is 2.40. The minimum absolute atomic E-state index is 0.0406. The number of benzene rings is 3. The maximum Gasteiger partial charge on any atom is 0.483 e. The lowest BCUT2D eigenvalue weighted by Crippen LogP contribution is -2.46. The third-order valence-electron chi connectivity index (χ3n) is 13.4. The van der Waals surface area contributed by atoms with Gasteiger partial charge < -0.3 is 20.1 Å². The molecule has 0 aliphatic heterocycles. The monoisotopic (exact) mass is 1110 g/mol. The van der Waals surface area contributed by atoms with Gasteiger partial charge in [0.15, 0.2) is 6.10 Å². The van der Waals surface area contributed by atoms with Crippen LogP contribution in [0.2, 0.25) is 0 Å². The van der Waals surface area contributed by atoms with Crippen LogP contribution in [-0.4, -0.2) is 62.5 Å². The van der Waals surface area contributed by atoms with Gasteiger partial charge in [-0.05, 0) is 61.6 Å². The van der Waals surface area contributed by atoms with Crippen molar-refractivity contribution in [2.75, 3.05) is 39.5 Å². The van der Waals surface area contributed by atoms with Gasteiger partial charge in [-0.2, -0.15) is 4.31 Å². The summed E-state index contributed by atoms with van der Waals surface area (Å²) in [4.78, 5) is 37.1. The number of unbranched alkanes of at least 4 members (excludes halogenated alkanes) is 22. The molecule has 0 aliphatic carbocycles. The van der Waals surface area contributed by atoms with Gasteiger partial charge in [-0.3, -0.25) is 28.5 Å². The normalized spacial score (nSPS) is 13.9. The summed E-state index contributed by atoms with van der Waals surface area (Å²) in [5.74, 6) is -1.02. The van der Waals surface area contributed by atoms with Crippen LogP contribution in [0.15, 0.2) is 115 Å². The molecule has 0 spiro atoms. The van der Waals surface area contributed by atoms with Crippen molar-refractivity contribution in [1.82, 2.24) is 5.32 Å². The van der Waals surface area contributed by atoms with Crippen molar-refractivity contribution in [2.45, 2.75) is 205 Å². The van der Waals surface area contributed by atoms with Gasteiger partial charge in [0, 0.05) is 25.9 Å². The van der Waals surface area contributed by atoms with E-state index >= 15 is 0 Å². The van der Waals surface area contributed by atoms with E-state index in [9.17, 15) is 23.6 Å². The van der Waals surface area contributed by atoms with Gasteiger partial charge in [0.2, 0.25) is 0 Å². The maximum atomic E-state index is 14.1. The second-order valence-electron chi connectivity index (χ2n) is 20.0. The average Bonchev–Trinajstić information content (AvgIpc) is 3.45. The van der Waals surface area contributed by atoms with Crippen molar-refractivity contribution in [3.8, 4) is 0 Å². The van der Waals surface area contributed by atoms with E-state index in [-0.39, 0.29) is 39.1 Å². The molecular formula is C62H98N2O11P2. The van der Waals surface area contributed by atoms with Crippen LogP contribution in [0.25, 0.3) is 0 Å². The molecule has 0 amide bonds. The number of ether oxygens (including phenoxy) is 2. The number of nitrogens with two attached hydrogens (primary N) is 1. The molecule has 3 aromatic carbocycles. The molecule has 15 heteroatoms. The summed E-state index contributed by atoms with van der Waals surface area (Å²) in [6.07, 6.45) is 37.5. The first-order chi connectivity index (χ1) is 37.6. The van der Waals surface area contributed by atoms with Crippen molar-refractivity contribution >= 4 is 27.6 Å². The number of allylic oxidation sites excluding steroid dienone is 4. The molecule has 0 radical (unpaired) electrons. The molecule has 0 saturated carbocycles. The number of phosphoric ester groups is 2. The summed E-state index contributed by atoms with van der Waals surface area (Å²) in [6.45, 7) is 2.63. The SMILES string of the molecule is CCCCC/C=C\C/C=C\CCCCCCCC(=O)O[C@H](COC(=O)CCCCCCCCCCCCCCCCC)COP(=O)(OCCN)OP(=O)(O)OCCNC(c1ccccc1)(c1ccccc1)c1ccccc1. The van der Waals surface area contributed by atoms with Crippen LogP contribution in [0.1, 0.15) is 210 Å². The zero-order chi connectivity index (χ0) is 55.4. The van der Waals surface area contributed by atoms with Crippen LogP contribution >= 0.6 is 15.6 Å². The van der Waals surface area contributed by atoms with Crippen LogP contribution in [-0.2, 0) is 51.6 Å². The van der Waals surface area contributed by atoms with Crippen LogP contribution in [0, 0.1) is 0 Å². The third kappa shape index (κ3) is 31.0. The number of carbonyl (C=O) groups excluding carboxylic acids is 2. The highest BCUT2D eigenvalue weighted by molar-refractivity contribution is 7.61. The Kier molecular flexibility index (Phi) is 37.8. The lowest BCUT2D eigenvalue weighted by atomic mass is 9.77. The highest BCUT2D eigenvalue weighted by Crippen LogP contribution is 2.63. The molecule has 13 nitrogen and oxygen atoms in total. The van der Waals surface area contributed by atoms with Crippen molar-refractivity contribution in [3.63, 3.8) is 0 Å². The Bertz CT molecular complexity index is 2000. The van der Waals surface area contributed by atoms with E-state index < -0.39 is 52.4 Å². The van der Waals surface area contributed by atoms with E-state index in [4.69, 9.17) is 33.1 Å². The van der Waals surface area contributed by atoms with Crippen molar-refractivity contribution in [3.05, 3.63) is 132 Å². The molecule has 0 fully saturated rings. The lowest BCUT2D eigenvalue weighted by Gasteiger charge is -2.37. The van der Waals surface area contributed by atoms with Crippen molar-refractivity contribution in [2.24, 2.45) is 5.73 Å². The van der Waals surface area contributed by atoms with Crippen molar-refractivity contribution in [1.29, 1.82) is 0 Å². The minimum atomic E-state index is -5.14. The molecular weight excluding hydrogens is 1010 g/mol. The van der Waals surface area contributed by atoms with Crippen LogP contribution < -0.4 is 11.1 Å². The Hall–Kier alpha value is -3.74. The number of esters is 2. The molecule has 3 aromatic rings. The second-order valence-corrected chi connectivity index (χ2v) is 23.3. The standard InChI is InChI=1S/C62H98N2O11P2/c1-3-5-7-9-11-13-15-17-19-21-23-25-27-29-40-48-60(65)70-54-59(74-61(66)49-41-30-28-26-24-22-20-18-16-14-12-10-8-6-4-2)55-73-77(69,72-52-50-63)75-76(67,68)71-53-51-64-62(56-42-34-31-35-43-56,57-44-36-32-37-45-57)58-46-38-33-39-47-58/h12,14,18,20,31-39,42-47,59,64H,3-11,13,15-17,19,21-30,40-41,48-55,63H2,1-2H3,(H,67,68)/b14-12-,20-18-/t59-,77?/m1/s1. The zero-order valence-electron chi connectivity index (χ0n) is 47.1. The van der Waals surface area contributed by atoms with Gasteiger partial charge in [0.25, 0.3) is 0 Å². The van der Waals surface area contributed by atoms with Crippen molar-refractivity contribution < 1.29 is 51.0 Å². The molecule has 77 heavy (non-hydrogen) atoms. The topological polar surface area (TPSA) is 182 Å². The Morgan fingerprint density at radius 2 is 0.974 bits per heavy atom. The Labute approximate surface area is 464 Å². The van der Waals surface area contributed by atoms with E-state index in [0.717, 1.165) is 80.9 Å². The largest absolute Gasteiger partial charge is 0.483 e. The fourth-order valence-electron chi connectivity index (χ4n) is 9.18.